The monoisotopic (exact) mass is 322 g/mol. The van der Waals surface area contributed by atoms with Crippen molar-refractivity contribution in [2.24, 2.45) is 0 Å². The Balaban J connectivity index is 1.65. The summed E-state index contributed by atoms with van der Waals surface area (Å²) in [6, 6.07) is 10.6. The summed E-state index contributed by atoms with van der Waals surface area (Å²) in [6.45, 7) is 5.26. The number of aromatic amines is 1. The highest BCUT2D eigenvalue weighted by molar-refractivity contribution is 5.95. The minimum absolute atomic E-state index is 0.0496. The number of aromatic nitrogens is 1. The van der Waals surface area contributed by atoms with Gasteiger partial charge in [0.2, 0.25) is 0 Å². The van der Waals surface area contributed by atoms with Crippen LogP contribution in [0.5, 0.6) is 0 Å². The van der Waals surface area contributed by atoms with Gasteiger partial charge < -0.3 is 9.88 Å². The molecular weight excluding hydrogens is 303 g/mol. The molecule has 0 saturated carbocycles. The lowest BCUT2D eigenvalue weighted by molar-refractivity contribution is 0.0733. The molecule has 2 aromatic carbocycles. The maximum atomic E-state index is 13.5. The third-order valence-electron chi connectivity index (χ3n) is 4.98. The molecule has 0 radical (unpaired) electrons. The lowest BCUT2D eigenvalue weighted by atomic mass is 10.0. The van der Waals surface area contributed by atoms with Gasteiger partial charge in [0, 0.05) is 28.7 Å². The summed E-state index contributed by atoms with van der Waals surface area (Å²) < 4.78 is 13.5. The third kappa shape index (κ3) is 2.39. The molecule has 0 bridgehead atoms. The van der Waals surface area contributed by atoms with Gasteiger partial charge in [0.1, 0.15) is 5.82 Å². The van der Waals surface area contributed by atoms with Crippen molar-refractivity contribution in [2.45, 2.75) is 26.8 Å². The Hall–Kier alpha value is -2.62. The van der Waals surface area contributed by atoms with Crippen molar-refractivity contribution in [1.29, 1.82) is 0 Å². The molecule has 3 nitrogen and oxygen atoms in total. The highest BCUT2D eigenvalue weighted by Crippen LogP contribution is 2.29. The van der Waals surface area contributed by atoms with Crippen LogP contribution < -0.4 is 0 Å². The molecule has 4 heteroatoms. The molecule has 0 atom stereocenters. The molecule has 0 aliphatic carbocycles. The van der Waals surface area contributed by atoms with Gasteiger partial charge in [-0.15, -0.1) is 0 Å². The zero-order chi connectivity index (χ0) is 16.8. The van der Waals surface area contributed by atoms with Crippen molar-refractivity contribution in [2.75, 3.05) is 6.54 Å². The van der Waals surface area contributed by atoms with Crippen molar-refractivity contribution in [3.05, 3.63) is 70.2 Å². The SMILES string of the molecule is Cc1ccc(C(=O)N2CCc3c([nH]c4ccc(F)cc34)C2)cc1C. The predicted octanol–water partition coefficient (Wildman–Crippen LogP) is 4.12. The van der Waals surface area contributed by atoms with Crippen LogP contribution in [0.4, 0.5) is 4.39 Å². The largest absolute Gasteiger partial charge is 0.357 e. The molecule has 1 amide bonds. The normalized spacial score (nSPS) is 14.0. The quantitative estimate of drug-likeness (QED) is 0.719. The lowest BCUT2D eigenvalue weighted by Gasteiger charge is -2.27. The fourth-order valence-corrected chi connectivity index (χ4v) is 3.44. The summed E-state index contributed by atoms with van der Waals surface area (Å²) in [5.41, 5.74) is 6.11. The van der Waals surface area contributed by atoms with Crippen molar-refractivity contribution < 1.29 is 9.18 Å². The van der Waals surface area contributed by atoms with Crippen molar-refractivity contribution in [3.8, 4) is 0 Å². The van der Waals surface area contributed by atoms with E-state index in [-0.39, 0.29) is 11.7 Å². The summed E-state index contributed by atoms with van der Waals surface area (Å²) in [5, 5.41) is 0.934. The summed E-state index contributed by atoms with van der Waals surface area (Å²) >= 11 is 0. The average Bonchev–Trinajstić information content (AvgIpc) is 2.93. The van der Waals surface area contributed by atoms with Gasteiger partial charge in [0.15, 0.2) is 0 Å². The molecule has 1 aliphatic heterocycles. The Kier molecular flexibility index (Phi) is 3.41. The second-order valence-electron chi connectivity index (χ2n) is 6.55. The number of rotatable bonds is 1. The van der Waals surface area contributed by atoms with E-state index in [4.69, 9.17) is 0 Å². The highest BCUT2D eigenvalue weighted by Gasteiger charge is 2.25. The van der Waals surface area contributed by atoms with Gasteiger partial charge in [-0.25, -0.2) is 4.39 Å². The van der Waals surface area contributed by atoms with Gasteiger partial charge >= 0.3 is 0 Å². The number of H-pyrrole nitrogens is 1. The molecule has 3 aromatic rings. The number of carbonyl (C=O) groups excluding carboxylic acids is 1. The Morgan fingerprint density at radius 2 is 1.96 bits per heavy atom. The first-order valence-corrected chi connectivity index (χ1v) is 8.18. The van der Waals surface area contributed by atoms with E-state index in [0.717, 1.165) is 39.7 Å². The molecule has 24 heavy (non-hydrogen) atoms. The molecule has 0 fully saturated rings. The van der Waals surface area contributed by atoms with Crippen LogP contribution >= 0.6 is 0 Å². The van der Waals surface area contributed by atoms with E-state index in [1.807, 2.05) is 36.9 Å². The first-order valence-electron chi connectivity index (χ1n) is 8.18. The van der Waals surface area contributed by atoms with Crippen molar-refractivity contribution >= 4 is 16.8 Å². The van der Waals surface area contributed by atoms with Gasteiger partial charge in [-0.1, -0.05) is 6.07 Å². The molecule has 1 aromatic heterocycles. The lowest BCUT2D eigenvalue weighted by Crippen LogP contribution is -2.35. The molecule has 0 spiro atoms. The Labute approximate surface area is 140 Å². The number of halogens is 1. The van der Waals surface area contributed by atoms with E-state index in [1.165, 1.54) is 11.6 Å². The summed E-state index contributed by atoms with van der Waals surface area (Å²) in [5.74, 6) is -0.175. The van der Waals surface area contributed by atoms with Crippen molar-refractivity contribution in [1.82, 2.24) is 9.88 Å². The molecule has 0 unspecified atom stereocenters. The number of carbonyl (C=O) groups is 1. The number of nitrogens with one attached hydrogen (secondary N) is 1. The van der Waals surface area contributed by atoms with Gasteiger partial charge in [0.05, 0.1) is 6.54 Å². The fraction of sp³-hybridized carbons (Fsp3) is 0.250. The number of nitrogens with zero attached hydrogens (tertiary/aromatic N) is 1. The van der Waals surface area contributed by atoms with E-state index in [9.17, 15) is 9.18 Å². The minimum Gasteiger partial charge on any atom is -0.357 e. The Bertz CT molecular complexity index is 958. The summed E-state index contributed by atoms with van der Waals surface area (Å²) in [7, 11) is 0. The standard InChI is InChI=1S/C20H19FN2O/c1-12-3-4-14(9-13(12)2)20(24)23-8-7-16-17-10-15(21)5-6-18(17)22-19(16)11-23/h3-6,9-10,22H,7-8,11H2,1-2H3. The zero-order valence-electron chi connectivity index (χ0n) is 13.8. The predicted molar refractivity (Wildman–Crippen MR) is 92.6 cm³/mol. The second-order valence-corrected chi connectivity index (χ2v) is 6.55. The van der Waals surface area contributed by atoms with Gasteiger partial charge in [-0.3, -0.25) is 4.79 Å². The van der Waals surface area contributed by atoms with Crippen LogP contribution in [0.3, 0.4) is 0 Å². The van der Waals surface area contributed by atoms with Crippen LogP contribution in [-0.2, 0) is 13.0 Å². The van der Waals surface area contributed by atoms with E-state index >= 15 is 0 Å². The maximum Gasteiger partial charge on any atom is 0.254 e. The molecular formula is C20H19FN2O. The van der Waals surface area contributed by atoms with Gasteiger partial charge in [-0.2, -0.15) is 0 Å². The first-order chi connectivity index (χ1) is 11.5. The topological polar surface area (TPSA) is 36.1 Å². The van der Waals surface area contributed by atoms with Crippen LogP contribution in [0.1, 0.15) is 32.7 Å². The van der Waals surface area contributed by atoms with Crippen LogP contribution in [0.2, 0.25) is 0 Å². The number of aryl methyl sites for hydroxylation is 2. The number of fused-ring (bicyclic) bond motifs is 3. The van der Waals surface area contributed by atoms with E-state index in [1.54, 1.807) is 12.1 Å². The maximum absolute atomic E-state index is 13.5. The molecule has 0 saturated heterocycles. The Morgan fingerprint density at radius 1 is 1.12 bits per heavy atom. The first kappa shape index (κ1) is 14.9. The van der Waals surface area contributed by atoms with Crippen molar-refractivity contribution in [3.63, 3.8) is 0 Å². The van der Waals surface area contributed by atoms with Gasteiger partial charge in [-0.05, 0) is 67.3 Å². The average molecular weight is 322 g/mol. The summed E-state index contributed by atoms with van der Waals surface area (Å²) in [4.78, 5) is 18.0. The van der Waals surface area contributed by atoms with Crippen LogP contribution in [-0.4, -0.2) is 22.3 Å². The molecule has 4 rings (SSSR count). The van der Waals surface area contributed by atoms with Gasteiger partial charge in [0.25, 0.3) is 5.91 Å². The second kappa shape index (κ2) is 5.48. The summed E-state index contributed by atoms with van der Waals surface area (Å²) in [6.07, 6.45) is 0.745. The number of hydrogen-bond donors (Lipinski definition) is 1. The Morgan fingerprint density at radius 3 is 2.75 bits per heavy atom. The van der Waals surface area contributed by atoms with E-state index in [0.29, 0.717) is 13.1 Å². The number of amides is 1. The van der Waals surface area contributed by atoms with E-state index in [2.05, 4.69) is 4.98 Å². The zero-order valence-corrected chi connectivity index (χ0v) is 13.8. The third-order valence-corrected chi connectivity index (χ3v) is 4.98. The minimum atomic E-state index is -0.224. The molecule has 1 N–H and O–H groups in total. The van der Waals surface area contributed by atoms with E-state index < -0.39 is 0 Å². The highest BCUT2D eigenvalue weighted by atomic mass is 19.1. The molecule has 2 heterocycles. The molecule has 1 aliphatic rings. The van der Waals surface area contributed by atoms with Crippen LogP contribution in [0.25, 0.3) is 10.9 Å². The number of benzene rings is 2. The van der Waals surface area contributed by atoms with Crippen LogP contribution in [0, 0.1) is 19.7 Å². The smallest absolute Gasteiger partial charge is 0.254 e. The fourth-order valence-electron chi connectivity index (χ4n) is 3.44. The molecule has 122 valence electrons. The van der Waals surface area contributed by atoms with Crippen LogP contribution in [0.15, 0.2) is 36.4 Å². The number of hydrogen-bond acceptors (Lipinski definition) is 1.